The zero-order valence-corrected chi connectivity index (χ0v) is 24.1. The molecular weight excluding hydrogens is 602 g/mol. The Hall–Kier alpha value is -3.67. The summed E-state index contributed by atoms with van der Waals surface area (Å²) in [6.07, 6.45) is 1.43. The second kappa shape index (κ2) is 13.8. The van der Waals surface area contributed by atoms with Gasteiger partial charge in [-0.15, -0.1) is 0 Å². The van der Waals surface area contributed by atoms with Crippen molar-refractivity contribution < 1.29 is 14.3 Å². The molecule has 38 heavy (non-hydrogen) atoms. The third-order valence-electron chi connectivity index (χ3n) is 5.73. The molecule has 0 saturated heterocycles. The molecule has 0 bridgehead atoms. The van der Waals surface area contributed by atoms with Gasteiger partial charge in [0.2, 0.25) is 0 Å². The zero-order chi connectivity index (χ0) is 26.7. The number of carbonyl (C=O) groups is 1. The first kappa shape index (κ1) is 27.4. The molecule has 5 aromatic rings. The van der Waals surface area contributed by atoms with Gasteiger partial charge < -0.3 is 5.11 Å². The van der Waals surface area contributed by atoms with Gasteiger partial charge in [-0.2, -0.15) is 0 Å². The van der Waals surface area contributed by atoms with Gasteiger partial charge in [-0.25, -0.2) is 9.18 Å². The van der Waals surface area contributed by atoms with Crippen LogP contribution in [-0.2, 0) is 4.79 Å². The molecule has 0 aliphatic carbocycles. The number of halogens is 2. The van der Waals surface area contributed by atoms with E-state index in [2.05, 4.69) is 91.0 Å². The van der Waals surface area contributed by atoms with Crippen LogP contribution in [0.4, 0.5) is 4.39 Å². The Kier molecular flexibility index (Phi) is 9.90. The molecule has 0 spiro atoms. The fraction of sp³-hybridized carbons (Fsp3) is 0. The first-order chi connectivity index (χ1) is 18.5. The van der Waals surface area contributed by atoms with Gasteiger partial charge in [-0.1, -0.05) is 35.9 Å². The molecule has 0 unspecified atom stereocenters. The Labute approximate surface area is 234 Å². The predicted octanol–water partition coefficient (Wildman–Crippen LogP) is 6.31. The van der Waals surface area contributed by atoms with E-state index < -0.39 is 31.5 Å². The van der Waals surface area contributed by atoms with Crippen molar-refractivity contribution in [1.82, 2.24) is 0 Å². The second-order valence-corrected chi connectivity index (χ2v) is 15.9. The summed E-state index contributed by atoms with van der Waals surface area (Å²) in [7, 11) is 0. The van der Waals surface area contributed by atoms with Crippen LogP contribution in [0, 0.1) is 5.82 Å². The van der Waals surface area contributed by atoms with Gasteiger partial charge in [0.25, 0.3) is 0 Å². The Morgan fingerprint density at radius 3 is 1.55 bits per heavy atom. The molecule has 2 nitrogen and oxygen atoms in total. The fourth-order valence-corrected chi connectivity index (χ4v) is 11.5. The molecule has 0 aromatic heterocycles. The molecule has 0 fully saturated rings. The third-order valence-corrected chi connectivity index (χ3v) is 13.8. The average molecular weight is 627 g/mol. The van der Waals surface area contributed by atoms with Crippen LogP contribution in [0.1, 0.15) is 11.1 Å². The molecule has 5 aromatic carbocycles. The normalized spacial score (nSPS) is 11.0. The van der Waals surface area contributed by atoms with Crippen LogP contribution >= 0.6 is 11.6 Å². The summed E-state index contributed by atoms with van der Waals surface area (Å²) in [4.78, 5) is 11.3. The molecule has 0 aliphatic heterocycles. The summed E-state index contributed by atoms with van der Waals surface area (Å²) < 4.78 is 17.7. The van der Waals surface area contributed by atoms with Crippen molar-refractivity contribution in [2.75, 3.05) is 0 Å². The molecule has 187 valence electrons. The Bertz CT molecular complexity index is 1400. The van der Waals surface area contributed by atoms with Crippen LogP contribution in [-0.4, -0.2) is 30.8 Å². The van der Waals surface area contributed by atoms with Crippen LogP contribution in [0.5, 0.6) is 0 Å². The SMILES string of the molecule is O=C(O)/C(=C/c1cccc(F)c1)c1ccc(Cl)cc1.c1cc[c]([Sn]([c]2ccccc2)[c]2ccccc2)cc1. The summed E-state index contributed by atoms with van der Waals surface area (Å²) in [5.41, 5.74) is 1.09. The number of rotatable bonds is 6. The van der Waals surface area contributed by atoms with Crippen molar-refractivity contribution in [3.8, 4) is 0 Å². The van der Waals surface area contributed by atoms with Gasteiger partial charge in [0.15, 0.2) is 0 Å². The minimum atomic E-state index is -1.98. The van der Waals surface area contributed by atoms with Crippen LogP contribution < -0.4 is 10.7 Å². The van der Waals surface area contributed by atoms with Crippen molar-refractivity contribution in [1.29, 1.82) is 0 Å². The first-order valence-electron chi connectivity index (χ1n) is 12.0. The van der Waals surface area contributed by atoms with Crippen LogP contribution in [0.25, 0.3) is 11.6 Å². The summed E-state index contributed by atoms with van der Waals surface area (Å²) in [5.74, 6) is -1.49. The molecule has 5 heteroatoms. The van der Waals surface area contributed by atoms with Crippen LogP contribution in [0.15, 0.2) is 140 Å². The average Bonchev–Trinajstić information content (AvgIpc) is 2.95. The molecule has 0 amide bonds. The Morgan fingerprint density at radius 2 is 1.13 bits per heavy atom. The van der Waals surface area contributed by atoms with Crippen LogP contribution in [0.2, 0.25) is 5.02 Å². The summed E-state index contributed by atoms with van der Waals surface area (Å²) in [5, 5.41) is 9.76. The molecule has 1 radical (unpaired) electrons. The molecule has 0 atom stereocenters. The molecule has 0 heterocycles. The van der Waals surface area contributed by atoms with E-state index in [4.69, 9.17) is 11.6 Å². The standard InChI is InChI=1S/C15H10ClFO2.3C6H5.Sn/c16-12-6-4-11(5-7-12)14(15(18)19)9-10-2-1-3-13(17)8-10;3*1-2-4-6-5-3-1;/h1-9H,(H,18,19);3*1-5H;/b14-9+;;;;. The maximum absolute atomic E-state index is 13.1. The minimum absolute atomic E-state index is 0.0854. The summed E-state index contributed by atoms with van der Waals surface area (Å²) in [6, 6.07) is 45.1. The number of hydrogen-bond acceptors (Lipinski definition) is 1. The van der Waals surface area contributed by atoms with Crippen molar-refractivity contribution >= 4 is 59.7 Å². The van der Waals surface area contributed by atoms with E-state index in [0.29, 0.717) is 16.1 Å². The topological polar surface area (TPSA) is 37.3 Å². The van der Waals surface area contributed by atoms with Gasteiger partial charge in [0.1, 0.15) is 5.82 Å². The van der Waals surface area contributed by atoms with E-state index >= 15 is 0 Å². The monoisotopic (exact) mass is 627 g/mol. The Morgan fingerprint density at radius 1 is 0.658 bits per heavy atom. The summed E-state index contributed by atoms with van der Waals surface area (Å²) >= 11 is 3.78. The van der Waals surface area contributed by atoms with Crippen molar-refractivity contribution in [2.45, 2.75) is 0 Å². The number of carboxylic acids is 1. The van der Waals surface area contributed by atoms with E-state index in [1.165, 1.54) is 35.0 Å². The van der Waals surface area contributed by atoms with Crippen molar-refractivity contribution in [2.24, 2.45) is 0 Å². The Balaban J connectivity index is 0.000000177. The van der Waals surface area contributed by atoms with Gasteiger partial charge >= 0.3 is 127 Å². The van der Waals surface area contributed by atoms with E-state index in [-0.39, 0.29) is 5.57 Å². The zero-order valence-electron chi connectivity index (χ0n) is 20.5. The van der Waals surface area contributed by atoms with E-state index in [1.54, 1.807) is 30.3 Å². The third kappa shape index (κ3) is 7.67. The number of benzene rings is 5. The van der Waals surface area contributed by atoms with E-state index in [0.717, 1.165) is 0 Å². The first-order valence-corrected chi connectivity index (χ1v) is 16.7. The molecular formula is C33H25ClFO2Sn. The summed E-state index contributed by atoms with van der Waals surface area (Å²) in [6.45, 7) is 0. The fourth-order valence-electron chi connectivity index (χ4n) is 3.98. The van der Waals surface area contributed by atoms with Gasteiger partial charge in [0.05, 0.1) is 5.57 Å². The molecule has 5 rings (SSSR count). The van der Waals surface area contributed by atoms with E-state index in [1.807, 2.05) is 0 Å². The molecule has 0 aliphatic rings. The van der Waals surface area contributed by atoms with E-state index in [9.17, 15) is 14.3 Å². The predicted molar refractivity (Wildman–Crippen MR) is 157 cm³/mol. The second-order valence-electron chi connectivity index (χ2n) is 8.40. The van der Waals surface area contributed by atoms with Gasteiger partial charge in [0, 0.05) is 5.02 Å². The van der Waals surface area contributed by atoms with Crippen molar-refractivity contribution in [3.63, 3.8) is 0 Å². The number of hydrogen-bond donors (Lipinski definition) is 1. The van der Waals surface area contributed by atoms with Gasteiger partial charge in [-0.3, -0.25) is 0 Å². The number of carboxylic acid groups (broad SMARTS) is 1. The van der Waals surface area contributed by atoms with Gasteiger partial charge in [-0.05, 0) is 41.5 Å². The van der Waals surface area contributed by atoms with Crippen molar-refractivity contribution in [3.05, 3.63) is 161 Å². The molecule has 0 saturated carbocycles. The maximum atomic E-state index is 13.1. The quantitative estimate of drug-likeness (QED) is 0.136. The number of aliphatic carboxylic acids is 1. The molecule has 1 N–H and O–H groups in total. The van der Waals surface area contributed by atoms with Crippen LogP contribution in [0.3, 0.4) is 0 Å².